The van der Waals surface area contributed by atoms with E-state index in [4.69, 9.17) is 5.73 Å². The Hall–Kier alpha value is -0.410. The summed E-state index contributed by atoms with van der Waals surface area (Å²) >= 11 is 1.86. The van der Waals surface area contributed by atoms with Crippen LogP contribution in [-0.2, 0) is 12.8 Å². The van der Waals surface area contributed by atoms with E-state index in [0.717, 1.165) is 19.3 Å². The molecule has 0 amide bonds. The van der Waals surface area contributed by atoms with Crippen LogP contribution in [0, 0.1) is 12.8 Å². The van der Waals surface area contributed by atoms with Crippen LogP contribution in [0.15, 0.2) is 0 Å². The number of hydrogen-bond acceptors (Lipinski definition) is 3. The van der Waals surface area contributed by atoms with E-state index in [-0.39, 0.29) is 5.54 Å². The maximum Gasteiger partial charge on any atom is 0.0933 e. The van der Waals surface area contributed by atoms with E-state index in [2.05, 4.69) is 39.6 Å². The summed E-state index contributed by atoms with van der Waals surface area (Å²) in [6, 6.07) is 0. The standard InChI is InChI=1S/C13H24N2S/c1-9(2)8-12-15-10(3)11(16-12)6-7-13(4,5)14/h9H,6-8,14H2,1-5H3. The molecule has 2 N–H and O–H groups in total. The molecule has 0 aliphatic heterocycles. The third kappa shape index (κ3) is 4.62. The van der Waals surface area contributed by atoms with Crippen molar-refractivity contribution in [2.45, 2.75) is 59.4 Å². The molecule has 0 saturated carbocycles. The SMILES string of the molecule is Cc1nc(CC(C)C)sc1CCC(C)(C)N. The highest BCUT2D eigenvalue weighted by molar-refractivity contribution is 7.11. The summed E-state index contributed by atoms with van der Waals surface area (Å²) in [5.74, 6) is 0.685. The molecule has 1 heterocycles. The molecule has 0 radical (unpaired) electrons. The van der Waals surface area contributed by atoms with Crippen molar-refractivity contribution < 1.29 is 0 Å². The second-order valence-corrected chi connectivity index (χ2v) is 6.87. The Morgan fingerprint density at radius 3 is 2.50 bits per heavy atom. The number of aromatic nitrogens is 1. The summed E-state index contributed by atoms with van der Waals surface area (Å²) < 4.78 is 0. The topological polar surface area (TPSA) is 38.9 Å². The van der Waals surface area contributed by atoms with Gasteiger partial charge in [0.2, 0.25) is 0 Å². The van der Waals surface area contributed by atoms with Crippen LogP contribution in [0.2, 0.25) is 0 Å². The molecular weight excluding hydrogens is 216 g/mol. The molecule has 16 heavy (non-hydrogen) atoms. The zero-order valence-corrected chi connectivity index (χ0v) is 11.9. The Kier molecular flexibility index (Phi) is 4.51. The number of nitrogens with zero attached hydrogens (tertiary/aromatic N) is 1. The maximum absolute atomic E-state index is 6.01. The number of aryl methyl sites for hydroxylation is 2. The van der Waals surface area contributed by atoms with Gasteiger partial charge in [-0.1, -0.05) is 13.8 Å². The van der Waals surface area contributed by atoms with Crippen molar-refractivity contribution in [3.63, 3.8) is 0 Å². The van der Waals surface area contributed by atoms with Crippen LogP contribution in [0.1, 0.15) is 49.7 Å². The second-order valence-electron chi connectivity index (χ2n) is 5.70. The highest BCUT2D eigenvalue weighted by atomic mass is 32.1. The van der Waals surface area contributed by atoms with Crippen molar-refractivity contribution in [2.75, 3.05) is 0 Å². The monoisotopic (exact) mass is 240 g/mol. The minimum atomic E-state index is -0.0748. The lowest BCUT2D eigenvalue weighted by Gasteiger charge is -2.17. The number of hydrogen-bond donors (Lipinski definition) is 1. The van der Waals surface area contributed by atoms with Gasteiger partial charge in [-0.05, 0) is 39.5 Å². The van der Waals surface area contributed by atoms with Gasteiger partial charge in [-0.3, -0.25) is 0 Å². The minimum absolute atomic E-state index is 0.0748. The predicted molar refractivity (Wildman–Crippen MR) is 72.0 cm³/mol. The van der Waals surface area contributed by atoms with Crippen molar-refractivity contribution >= 4 is 11.3 Å². The first-order valence-electron chi connectivity index (χ1n) is 6.02. The first kappa shape index (κ1) is 13.7. The van der Waals surface area contributed by atoms with Gasteiger partial charge in [0.05, 0.1) is 10.7 Å². The predicted octanol–water partition coefficient (Wildman–Crippen LogP) is 3.32. The van der Waals surface area contributed by atoms with Gasteiger partial charge >= 0.3 is 0 Å². The van der Waals surface area contributed by atoms with E-state index in [9.17, 15) is 0 Å². The van der Waals surface area contributed by atoms with Crippen LogP contribution in [0.3, 0.4) is 0 Å². The third-order valence-electron chi connectivity index (χ3n) is 2.52. The van der Waals surface area contributed by atoms with Crippen LogP contribution in [0.5, 0.6) is 0 Å². The van der Waals surface area contributed by atoms with Crippen LogP contribution < -0.4 is 5.73 Å². The van der Waals surface area contributed by atoms with Gasteiger partial charge in [0.15, 0.2) is 0 Å². The lowest BCUT2D eigenvalue weighted by atomic mass is 9.99. The molecule has 2 nitrogen and oxygen atoms in total. The molecule has 0 aliphatic carbocycles. The van der Waals surface area contributed by atoms with Crippen LogP contribution in [0.4, 0.5) is 0 Å². The molecule has 1 rings (SSSR count). The fourth-order valence-electron chi connectivity index (χ4n) is 1.59. The van der Waals surface area contributed by atoms with E-state index < -0.39 is 0 Å². The zero-order valence-electron chi connectivity index (χ0n) is 11.1. The Labute approximate surface area is 103 Å². The maximum atomic E-state index is 6.01. The highest BCUT2D eigenvalue weighted by Crippen LogP contribution is 2.23. The molecule has 0 saturated heterocycles. The van der Waals surface area contributed by atoms with Crippen LogP contribution in [-0.4, -0.2) is 10.5 Å². The highest BCUT2D eigenvalue weighted by Gasteiger charge is 2.14. The van der Waals surface area contributed by atoms with Crippen LogP contribution in [0.25, 0.3) is 0 Å². The molecule has 0 spiro atoms. The Morgan fingerprint density at radius 1 is 1.38 bits per heavy atom. The summed E-state index contributed by atoms with van der Waals surface area (Å²) in [6.07, 6.45) is 3.18. The number of thiazole rings is 1. The molecule has 92 valence electrons. The molecule has 3 heteroatoms. The third-order valence-corrected chi connectivity index (χ3v) is 3.76. The van der Waals surface area contributed by atoms with Gasteiger partial charge < -0.3 is 5.73 Å². The molecule has 0 aliphatic rings. The molecule has 1 aromatic rings. The fourth-order valence-corrected chi connectivity index (χ4v) is 2.87. The van der Waals surface area contributed by atoms with Crippen molar-refractivity contribution in [1.82, 2.24) is 4.98 Å². The number of nitrogens with two attached hydrogens (primary N) is 1. The largest absolute Gasteiger partial charge is 0.326 e. The summed E-state index contributed by atoms with van der Waals surface area (Å²) in [5, 5.41) is 1.28. The van der Waals surface area contributed by atoms with Crippen molar-refractivity contribution in [3.8, 4) is 0 Å². The Balaban J connectivity index is 2.63. The normalized spacial score (nSPS) is 12.4. The van der Waals surface area contributed by atoms with E-state index in [0.29, 0.717) is 5.92 Å². The van der Waals surface area contributed by atoms with Gasteiger partial charge in [-0.25, -0.2) is 4.98 Å². The van der Waals surface area contributed by atoms with E-state index in [1.807, 2.05) is 11.3 Å². The molecule has 0 aromatic carbocycles. The zero-order chi connectivity index (χ0) is 12.3. The molecule has 1 aromatic heterocycles. The van der Waals surface area contributed by atoms with E-state index >= 15 is 0 Å². The van der Waals surface area contributed by atoms with Crippen molar-refractivity contribution in [3.05, 3.63) is 15.6 Å². The van der Waals surface area contributed by atoms with E-state index in [1.165, 1.54) is 15.6 Å². The summed E-state index contributed by atoms with van der Waals surface area (Å²) in [6.45, 7) is 10.7. The van der Waals surface area contributed by atoms with Crippen LogP contribution >= 0.6 is 11.3 Å². The Bertz CT molecular complexity index is 334. The quantitative estimate of drug-likeness (QED) is 0.857. The molecule has 0 atom stereocenters. The van der Waals surface area contributed by atoms with Gasteiger partial charge in [-0.15, -0.1) is 11.3 Å². The van der Waals surface area contributed by atoms with Crippen molar-refractivity contribution in [1.29, 1.82) is 0 Å². The average Bonchev–Trinajstić information content (AvgIpc) is 2.40. The first-order chi connectivity index (χ1) is 7.28. The first-order valence-corrected chi connectivity index (χ1v) is 6.83. The molecule has 0 unspecified atom stereocenters. The molecule has 0 fully saturated rings. The van der Waals surface area contributed by atoms with E-state index in [1.54, 1.807) is 0 Å². The number of rotatable bonds is 5. The van der Waals surface area contributed by atoms with Gasteiger partial charge in [0.1, 0.15) is 0 Å². The summed E-state index contributed by atoms with van der Waals surface area (Å²) in [5.41, 5.74) is 7.13. The summed E-state index contributed by atoms with van der Waals surface area (Å²) in [4.78, 5) is 6.04. The Morgan fingerprint density at radius 2 is 2.00 bits per heavy atom. The lowest BCUT2D eigenvalue weighted by molar-refractivity contribution is 0.478. The molecular formula is C13H24N2S. The summed E-state index contributed by atoms with van der Waals surface area (Å²) in [7, 11) is 0. The minimum Gasteiger partial charge on any atom is -0.326 e. The van der Waals surface area contributed by atoms with Gasteiger partial charge in [0.25, 0.3) is 0 Å². The average molecular weight is 240 g/mol. The van der Waals surface area contributed by atoms with Gasteiger partial charge in [-0.2, -0.15) is 0 Å². The lowest BCUT2D eigenvalue weighted by Crippen LogP contribution is -2.32. The molecule has 0 bridgehead atoms. The van der Waals surface area contributed by atoms with Gasteiger partial charge in [0, 0.05) is 16.8 Å². The van der Waals surface area contributed by atoms with Crippen molar-refractivity contribution in [2.24, 2.45) is 11.7 Å². The fraction of sp³-hybridized carbons (Fsp3) is 0.769. The smallest absolute Gasteiger partial charge is 0.0933 e. The second kappa shape index (κ2) is 5.28.